The van der Waals surface area contributed by atoms with E-state index < -0.39 is 10.8 Å². The van der Waals surface area contributed by atoms with Crippen molar-refractivity contribution >= 4 is 33.6 Å². The summed E-state index contributed by atoms with van der Waals surface area (Å²) in [6.07, 6.45) is 4.79. The van der Waals surface area contributed by atoms with Crippen LogP contribution in [-0.4, -0.2) is 49.1 Å². The first-order chi connectivity index (χ1) is 17.1. The van der Waals surface area contributed by atoms with Crippen LogP contribution in [-0.2, 0) is 0 Å². The van der Waals surface area contributed by atoms with Crippen molar-refractivity contribution in [2.45, 2.75) is 25.2 Å². The van der Waals surface area contributed by atoms with Crippen LogP contribution in [0.3, 0.4) is 0 Å². The normalized spacial score (nSPS) is 19.2. The molecule has 2 aliphatic rings. The molecule has 3 N–H and O–H groups in total. The lowest BCUT2D eigenvalue weighted by Crippen LogP contribution is -2.21. The largest absolute Gasteiger partial charge is 0.323 e. The Hall–Kier alpha value is -3.11. The fraction of sp³-hybridized carbons (Fsp3) is 0.308. The van der Waals surface area contributed by atoms with Gasteiger partial charge in [-0.2, -0.15) is 0 Å². The van der Waals surface area contributed by atoms with Crippen molar-refractivity contribution in [2.75, 3.05) is 35.0 Å². The van der Waals surface area contributed by atoms with Gasteiger partial charge in [0.1, 0.15) is 0 Å². The van der Waals surface area contributed by atoms with Crippen molar-refractivity contribution in [3.63, 3.8) is 0 Å². The summed E-state index contributed by atoms with van der Waals surface area (Å²) >= 11 is 0. The molecule has 2 saturated heterocycles. The Morgan fingerprint density at radius 2 is 1.83 bits per heavy atom. The van der Waals surface area contributed by atoms with Crippen molar-refractivity contribution < 1.29 is 9.11 Å². The number of nitrogens with one attached hydrogen (secondary N) is 1. The predicted octanol–water partition coefficient (Wildman–Crippen LogP) is 5.50. The van der Waals surface area contributed by atoms with Gasteiger partial charge in [-0.05, 0) is 67.1 Å². The molecule has 0 bridgehead atoms. The minimum atomic E-state index is -2.74. The van der Waals surface area contributed by atoms with Crippen molar-refractivity contribution in [3.05, 3.63) is 72.4 Å². The number of rotatable bonds is 5. The molecule has 0 aliphatic carbocycles. The third-order valence-electron chi connectivity index (χ3n) is 6.85. The lowest BCUT2D eigenvalue weighted by Gasteiger charge is -2.38. The summed E-state index contributed by atoms with van der Waals surface area (Å²) in [5.41, 5.74) is 5.88. The number of hydrogen-bond acceptors (Lipinski definition) is 6. The van der Waals surface area contributed by atoms with E-state index in [0.29, 0.717) is 24.2 Å². The van der Waals surface area contributed by atoms with E-state index in [1.165, 1.54) is 5.56 Å². The summed E-state index contributed by atoms with van der Waals surface area (Å²) in [4.78, 5) is 4.52. The van der Waals surface area contributed by atoms with Gasteiger partial charge in [0.15, 0.2) is 0 Å². The highest BCUT2D eigenvalue weighted by Crippen LogP contribution is 2.51. The SMILES string of the molecule is OS1(O)CCCN1c1cccc(-c2ccc3cnc(Nc4cccc(C5CC[N]CC5)c4)nn23)c1. The fourth-order valence-electron chi connectivity index (χ4n) is 5.04. The summed E-state index contributed by atoms with van der Waals surface area (Å²) in [6, 6.07) is 20.4. The highest BCUT2D eigenvalue weighted by Gasteiger charge is 2.29. The van der Waals surface area contributed by atoms with Crippen molar-refractivity contribution in [3.8, 4) is 11.3 Å². The highest BCUT2D eigenvalue weighted by molar-refractivity contribution is 8.25. The Kier molecular flexibility index (Phi) is 5.85. The molecule has 9 heteroatoms. The van der Waals surface area contributed by atoms with Crippen molar-refractivity contribution in [1.82, 2.24) is 19.9 Å². The monoisotopic (exact) mass is 489 g/mol. The number of nitrogens with zero attached hydrogens (tertiary/aromatic N) is 5. The average molecular weight is 490 g/mol. The maximum Gasteiger partial charge on any atom is 0.245 e. The van der Waals surface area contributed by atoms with E-state index in [9.17, 15) is 9.11 Å². The smallest absolute Gasteiger partial charge is 0.245 e. The van der Waals surface area contributed by atoms with Gasteiger partial charge in [0, 0.05) is 30.9 Å². The Morgan fingerprint density at radius 1 is 0.971 bits per heavy atom. The van der Waals surface area contributed by atoms with E-state index in [2.05, 4.69) is 33.8 Å². The maximum atomic E-state index is 10.4. The van der Waals surface area contributed by atoms with Gasteiger partial charge >= 0.3 is 0 Å². The van der Waals surface area contributed by atoms with Gasteiger partial charge in [0.05, 0.1) is 28.8 Å². The van der Waals surface area contributed by atoms with E-state index in [0.717, 1.165) is 60.5 Å². The van der Waals surface area contributed by atoms with Crippen molar-refractivity contribution in [2.24, 2.45) is 0 Å². The van der Waals surface area contributed by atoms with Crippen LogP contribution in [0, 0.1) is 0 Å². The molecule has 181 valence electrons. The predicted molar refractivity (Wildman–Crippen MR) is 142 cm³/mol. The molecule has 6 rings (SSSR count). The molecule has 1 radical (unpaired) electrons. The number of fused-ring (bicyclic) bond motifs is 1. The van der Waals surface area contributed by atoms with Crippen LogP contribution in [0.15, 0.2) is 66.9 Å². The Morgan fingerprint density at radius 3 is 2.66 bits per heavy atom. The maximum absolute atomic E-state index is 10.4. The lowest BCUT2D eigenvalue weighted by atomic mass is 9.90. The van der Waals surface area contributed by atoms with Gasteiger partial charge in [0.2, 0.25) is 5.95 Å². The first-order valence-electron chi connectivity index (χ1n) is 12.1. The number of benzene rings is 2. The van der Waals surface area contributed by atoms with Crippen LogP contribution in [0.5, 0.6) is 0 Å². The summed E-state index contributed by atoms with van der Waals surface area (Å²) in [5.74, 6) is 1.50. The molecular weight excluding hydrogens is 460 g/mol. The minimum Gasteiger partial charge on any atom is -0.323 e. The zero-order valence-electron chi connectivity index (χ0n) is 19.4. The standard InChI is InChI=1S/C26H29N6O2S/c33-35(34)15-3-14-31(35)23-7-2-5-21(17-23)25-9-8-24-18-28-26(30-32(24)25)29-22-6-1-4-20(16-22)19-10-12-27-13-11-19/h1-2,4-9,16-19,33-34H,3,10-15H2,(H,29,30). The van der Waals surface area contributed by atoms with Gasteiger partial charge in [-0.25, -0.2) is 14.8 Å². The van der Waals surface area contributed by atoms with E-state index in [4.69, 9.17) is 5.10 Å². The van der Waals surface area contributed by atoms with Crippen LogP contribution in [0.2, 0.25) is 0 Å². The molecule has 2 aliphatic heterocycles. The Labute approximate surface area is 206 Å². The van der Waals surface area contributed by atoms with E-state index >= 15 is 0 Å². The second kappa shape index (κ2) is 9.16. The minimum absolute atomic E-state index is 0.421. The van der Waals surface area contributed by atoms with Crippen LogP contribution in [0.4, 0.5) is 17.3 Å². The summed E-state index contributed by atoms with van der Waals surface area (Å²) in [6.45, 7) is 2.53. The molecule has 0 unspecified atom stereocenters. The molecule has 4 heterocycles. The number of aromatic nitrogens is 3. The van der Waals surface area contributed by atoms with Gasteiger partial charge in [-0.3, -0.25) is 13.4 Å². The molecule has 0 amide bonds. The van der Waals surface area contributed by atoms with E-state index in [-0.39, 0.29) is 0 Å². The molecule has 4 aromatic rings. The molecule has 0 spiro atoms. The molecule has 35 heavy (non-hydrogen) atoms. The van der Waals surface area contributed by atoms with Crippen molar-refractivity contribution in [1.29, 1.82) is 0 Å². The first kappa shape index (κ1) is 22.4. The third kappa shape index (κ3) is 4.48. The van der Waals surface area contributed by atoms with Crippen LogP contribution in [0.25, 0.3) is 16.8 Å². The van der Waals surface area contributed by atoms with Gasteiger partial charge in [-0.1, -0.05) is 24.3 Å². The third-order valence-corrected chi connectivity index (χ3v) is 8.78. The molecule has 2 aromatic carbocycles. The van der Waals surface area contributed by atoms with Gasteiger partial charge in [-0.15, -0.1) is 15.9 Å². The Bertz CT molecular complexity index is 1350. The summed E-state index contributed by atoms with van der Waals surface area (Å²) in [5, 5.41) is 12.6. The lowest BCUT2D eigenvalue weighted by molar-refractivity contribution is 0.453. The second-order valence-electron chi connectivity index (χ2n) is 9.17. The average Bonchev–Trinajstić information content (AvgIpc) is 3.47. The zero-order chi connectivity index (χ0) is 23.8. The quantitative estimate of drug-likeness (QED) is 0.342. The van der Waals surface area contributed by atoms with E-state index in [1.807, 2.05) is 53.2 Å². The first-order valence-corrected chi connectivity index (χ1v) is 13.7. The molecule has 0 atom stereocenters. The van der Waals surface area contributed by atoms with Gasteiger partial charge < -0.3 is 5.32 Å². The molecule has 8 nitrogen and oxygen atoms in total. The topological polar surface area (TPSA) is 100 Å². The van der Waals surface area contributed by atoms with Crippen LogP contribution < -0.4 is 14.9 Å². The second-order valence-corrected chi connectivity index (χ2v) is 11.3. The fourth-order valence-corrected chi connectivity index (χ4v) is 6.65. The molecular formula is C26H29N6O2S. The summed E-state index contributed by atoms with van der Waals surface area (Å²) < 4.78 is 24.4. The number of hydrogen-bond donors (Lipinski definition) is 3. The number of piperidine rings is 1. The van der Waals surface area contributed by atoms with Crippen LogP contribution >= 0.6 is 10.8 Å². The van der Waals surface area contributed by atoms with Crippen LogP contribution in [0.1, 0.15) is 30.7 Å². The highest BCUT2D eigenvalue weighted by atomic mass is 32.3. The molecule has 2 fully saturated rings. The number of anilines is 3. The Balaban J connectivity index is 1.29. The molecule has 0 saturated carbocycles. The zero-order valence-corrected chi connectivity index (χ0v) is 20.2. The summed E-state index contributed by atoms with van der Waals surface area (Å²) in [7, 11) is -2.74. The van der Waals surface area contributed by atoms with Gasteiger partial charge in [0.25, 0.3) is 0 Å². The van der Waals surface area contributed by atoms with E-state index in [1.54, 1.807) is 4.31 Å². The molecule has 2 aromatic heterocycles.